The first-order valence-corrected chi connectivity index (χ1v) is 13.0. The van der Waals surface area contributed by atoms with Crippen molar-refractivity contribution >= 4 is 11.0 Å². The highest BCUT2D eigenvalue weighted by atomic mass is 35.5. The number of ether oxygens (including phenoxy) is 4. The molecule has 16 nitrogen and oxygen atoms in total. The Balaban J connectivity index is 0.00000442. The molecule has 2 aliphatic rings. The van der Waals surface area contributed by atoms with E-state index >= 15 is 0 Å². The van der Waals surface area contributed by atoms with E-state index in [4.69, 9.17) is 23.4 Å². The van der Waals surface area contributed by atoms with Gasteiger partial charge in [-0.1, -0.05) is 0 Å². The van der Waals surface area contributed by atoms with Crippen molar-refractivity contribution < 1.29 is 91.9 Å². The Morgan fingerprint density at radius 2 is 1.32 bits per heavy atom. The van der Waals surface area contributed by atoms with Crippen LogP contribution in [0.1, 0.15) is 0 Å². The Hall–Kier alpha value is -3.26. The maximum absolute atomic E-state index is 10.9. The summed E-state index contributed by atoms with van der Waals surface area (Å²) in [6.07, 6.45) is -17.1. The van der Waals surface area contributed by atoms with Gasteiger partial charge < -0.3 is 87.5 Å². The summed E-state index contributed by atoms with van der Waals surface area (Å²) in [5, 5.41) is 112. The summed E-state index contributed by atoms with van der Waals surface area (Å²) >= 11 is 0. The van der Waals surface area contributed by atoms with E-state index in [0.717, 1.165) is 18.2 Å². The zero-order chi connectivity index (χ0) is 31.2. The second-order valence-corrected chi connectivity index (χ2v) is 10.1. The first kappa shape index (κ1) is 33.6. The van der Waals surface area contributed by atoms with E-state index in [0.29, 0.717) is 0 Å². The zero-order valence-electron chi connectivity index (χ0n) is 22.5. The molecule has 242 valence electrons. The highest BCUT2D eigenvalue weighted by Crippen LogP contribution is 2.42. The minimum Gasteiger partial charge on any atom is -1.00 e. The molecule has 0 spiro atoms. The smallest absolute Gasteiger partial charge is 0.402 e. The predicted octanol–water partition coefficient (Wildman–Crippen LogP) is -4.79. The highest BCUT2D eigenvalue weighted by molar-refractivity contribution is 5.88. The minimum absolute atomic E-state index is 0. The molecule has 17 heteroatoms. The van der Waals surface area contributed by atoms with Crippen LogP contribution in [-0.4, -0.2) is 131 Å². The van der Waals surface area contributed by atoms with Crippen LogP contribution in [0.15, 0.2) is 40.8 Å². The minimum atomic E-state index is -1.89. The molecule has 11 N–H and O–H groups in total. The molecule has 0 radical (unpaired) electrons. The topological polar surface area (TPSA) is 271 Å². The quantitative estimate of drug-likeness (QED) is 0.0849. The van der Waals surface area contributed by atoms with Crippen LogP contribution in [0.5, 0.6) is 28.7 Å². The van der Waals surface area contributed by atoms with Crippen molar-refractivity contribution in [1.29, 1.82) is 0 Å². The standard InChI is InChI=1S/C27H30O16.ClH/c28-7-17-19(34)21(36)23(38)26(41-17)43-25-22(37)20(35)18(8-29)42-27(25)40-16-6-11-13(32)4-10(30)5-15(11)39-24(16)9-1-2-12(31)14(33)3-9;/h1-6,17-23,25-29,34-38H,7-8H2,(H3-,30,31,32,33);1H/t17-,18-,19-,20-,21+,22+,23-,25-,26+,27+;/m1./s1. The first-order valence-electron chi connectivity index (χ1n) is 13.0. The largest absolute Gasteiger partial charge is 1.00 e. The molecule has 10 atom stereocenters. The molecule has 2 aliphatic heterocycles. The van der Waals surface area contributed by atoms with Crippen LogP contribution in [0.2, 0.25) is 0 Å². The predicted molar refractivity (Wildman–Crippen MR) is 140 cm³/mol. The molecule has 0 unspecified atom stereocenters. The summed E-state index contributed by atoms with van der Waals surface area (Å²) < 4.78 is 28.6. The Labute approximate surface area is 254 Å². The lowest BCUT2D eigenvalue weighted by molar-refractivity contribution is -0.357. The Kier molecular flexibility index (Phi) is 10.2. The van der Waals surface area contributed by atoms with Gasteiger partial charge >= 0.3 is 11.3 Å². The van der Waals surface area contributed by atoms with Gasteiger partial charge in [-0.25, -0.2) is 4.42 Å². The van der Waals surface area contributed by atoms with E-state index in [9.17, 15) is 56.2 Å². The lowest BCUT2D eigenvalue weighted by Crippen LogP contribution is -3.00. The second kappa shape index (κ2) is 13.4. The average molecular weight is 647 g/mol. The van der Waals surface area contributed by atoms with Crippen molar-refractivity contribution in [2.24, 2.45) is 0 Å². The molecule has 0 saturated carbocycles. The molecule has 2 aromatic carbocycles. The first-order chi connectivity index (χ1) is 20.4. The molecule has 3 heterocycles. The number of aromatic hydroxyl groups is 4. The number of phenols is 4. The van der Waals surface area contributed by atoms with E-state index in [1.165, 1.54) is 18.2 Å². The van der Waals surface area contributed by atoms with E-state index in [2.05, 4.69) is 0 Å². The third-order valence-electron chi connectivity index (χ3n) is 7.26. The molecule has 0 aliphatic carbocycles. The summed E-state index contributed by atoms with van der Waals surface area (Å²) in [6.45, 7) is -1.56. The van der Waals surface area contributed by atoms with Crippen molar-refractivity contribution in [2.45, 2.75) is 61.4 Å². The number of benzene rings is 2. The number of halogens is 1. The van der Waals surface area contributed by atoms with E-state index < -0.39 is 91.9 Å². The Morgan fingerprint density at radius 3 is 1.95 bits per heavy atom. The Bertz CT molecular complexity index is 1460. The molecule has 2 saturated heterocycles. The molecule has 2 fully saturated rings. The van der Waals surface area contributed by atoms with Crippen LogP contribution < -0.4 is 17.1 Å². The molecule has 3 aromatic rings. The van der Waals surface area contributed by atoms with Crippen molar-refractivity contribution in [3.05, 3.63) is 36.4 Å². The molecule has 0 amide bonds. The normalized spacial score (nSPS) is 32.2. The Morgan fingerprint density at radius 1 is 0.682 bits per heavy atom. The molecular weight excluding hydrogens is 616 g/mol. The molecule has 44 heavy (non-hydrogen) atoms. The third kappa shape index (κ3) is 6.28. The lowest BCUT2D eigenvalue weighted by atomic mass is 9.97. The van der Waals surface area contributed by atoms with Crippen LogP contribution in [0.4, 0.5) is 0 Å². The summed E-state index contributed by atoms with van der Waals surface area (Å²) in [5.41, 5.74) is 0.0892. The maximum atomic E-state index is 10.9. The molecule has 0 bridgehead atoms. The van der Waals surface area contributed by atoms with Gasteiger partial charge in [0.05, 0.1) is 24.8 Å². The van der Waals surface area contributed by atoms with Gasteiger partial charge in [0.2, 0.25) is 12.0 Å². The fourth-order valence-electron chi connectivity index (χ4n) is 4.89. The van der Waals surface area contributed by atoms with Crippen molar-refractivity contribution in [1.82, 2.24) is 0 Å². The average Bonchev–Trinajstić information content (AvgIpc) is 2.98. The number of fused-ring (bicyclic) bond motifs is 1. The fraction of sp³-hybridized carbons (Fsp3) is 0.444. The third-order valence-corrected chi connectivity index (χ3v) is 7.26. The van der Waals surface area contributed by atoms with Crippen LogP contribution in [0, 0.1) is 0 Å². The van der Waals surface area contributed by atoms with Gasteiger partial charge in [0.25, 0.3) is 0 Å². The van der Waals surface area contributed by atoms with Gasteiger partial charge in [0.1, 0.15) is 59.6 Å². The van der Waals surface area contributed by atoms with Crippen LogP contribution >= 0.6 is 0 Å². The second-order valence-electron chi connectivity index (χ2n) is 10.1. The molecule has 1 aromatic heterocycles. The van der Waals surface area contributed by atoms with Crippen molar-refractivity contribution in [3.63, 3.8) is 0 Å². The van der Waals surface area contributed by atoms with Gasteiger partial charge in [0, 0.05) is 18.2 Å². The SMILES string of the molecule is OC[C@H]1O[C@@H](O[C@H]2[C@@H](Oc3cc4c(O)cc(O)cc4[o+]c3-c3ccc(O)c(O)c3)O[C@H](CO)[C@@H](O)[C@@H]2O)[C@H](O)[C@@H](O)[C@@H]1O.[Cl-]. The van der Waals surface area contributed by atoms with Gasteiger partial charge in [-0.15, -0.1) is 0 Å². The summed E-state index contributed by atoms with van der Waals surface area (Å²) in [4.78, 5) is 0. The maximum Gasteiger partial charge on any atom is 0.402 e. The summed E-state index contributed by atoms with van der Waals surface area (Å²) in [6, 6.07) is 7.08. The van der Waals surface area contributed by atoms with Gasteiger partial charge in [-0.2, -0.15) is 0 Å². The molecule has 5 rings (SSSR count). The summed E-state index contributed by atoms with van der Waals surface area (Å²) in [7, 11) is 0. The van der Waals surface area contributed by atoms with E-state index in [1.54, 1.807) is 0 Å². The van der Waals surface area contributed by atoms with E-state index in [-0.39, 0.29) is 46.2 Å². The number of hydrogen-bond donors (Lipinski definition) is 11. The van der Waals surface area contributed by atoms with E-state index in [1.807, 2.05) is 0 Å². The lowest BCUT2D eigenvalue weighted by Gasteiger charge is -2.45. The zero-order valence-corrected chi connectivity index (χ0v) is 23.2. The van der Waals surface area contributed by atoms with Crippen molar-refractivity contribution in [3.8, 4) is 40.1 Å². The summed E-state index contributed by atoms with van der Waals surface area (Å²) in [5.74, 6) is -2.13. The van der Waals surface area contributed by atoms with Gasteiger partial charge in [-0.3, -0.25) is 0 Å². The highest BCUT2D eigenvalue weighted by Gasteiger charge is 2.51. The number of aliphatic hydroxyl groups is 7. The van der Waals surface area contributed by atoms with Crippen molar-refractivity contribution in [2.75, 3.05) is 13.2 Å². The van der Waals surface area contributed by atoms with Crippen LogP contribution in [0.3, 0.4) is 0 Å². The van der Waals surface area contributed by atoms with Crippen LogP contribution in [-0.2, 0) is 14.2 Å². The van der Waals surface area contributed by atoms with Gasteiger partial charge in [-0.05, 0) is 12.1 Å². The number of aliphatic hydroxyl groups excluding tert-OH is 7. The monoisotopic (exact) mass is 646 g/mol. The van der Waals surface area contributed by atoms with Gasteiger partial charge in [0.15, 0.2) is 23.9 Å². The number of rotatable bonds is 7. The van der Waals surface area contributed by atoms with Crippen LogP contribution in [0.25, 0.3) is 22.3 Å². The number of phenolic OH excluding ortho intramolecular Hbond substituents is 4. The molecular formula is C27H31ClO16. The fourth-order valence-corrected chi connectivity index (χ4v) is 4.89. The number of hydrogen-bond acceptors (Lipinski definition) is 15.